The number of likely N-dealkylation sites (N-methyl/N-ethyl adjacent to an activating group) is 1. The molecule has 0 saturated carbocycles. The zero-order valence-corrected chi connectivity index (χ0v) is 23.6. The van der Waals surface area contributed by atoms with Gasteiger partial charge in [0.1, 0.15) is 0 Å². The molecule has 0 aromatic heterocycles. The second-order valence-corrected chi connectivity index (χ2v) is 10.3. The summed E-state index contributed by atoms with van der Waals surface area (Å²) in [5.41, 5.74) is 0.466. The maximum Gasteiger partial charge on any atom is 0.333 e. The van der Waals surface area contributed by atoms with E-state index in [1.54, 1.807) is 27.0 Å². The Morgan fingerprint density at radius 2 is 1.56 bits per heavy atom. The summed E-state index contributed by atoms with van der Waals surface area (Å²) >= 11 is 0. The molecule has 2 amide bonds. The highest BCUT2D eigenvalue weighted by molar-refractivity contribution is 5.88. The van der Waals surface area contributed by atoms with Gasteiger partial charge in [-0.3, -0.25) is 9.59 Å². The van der Waals surface area contributed by atoms with Crippen molar-refractivity contribution in [1.29, 1.82) is 0 Å². The van der Waals surface area contributed by atoms with Crippen molar-refractivity contribution in [2.75, 3.05) is 39.8 Å². The fourth-order valence-electron chi connectivity index (χ4n) is 3.40. The van der Waals surface area contributed by atoms with Crippen LogP contribution in [0.2, 0.25) is 0 Å². The van der Waals surface area contributed by atoms with Gasteiger partial charge in [0, 0.05) is 19.2 Å². The predicted molar refractivity (Wildman–Crippen MR) is 141 cm³/mol. The van der Waals surface area contributed by atoms with Crippen LogP contribution in [0.3, 0.4) is 0 Å². The summed E-state index contributed by atoms with van der Waals surface area (Å²) in [5, 5.41) is 2.34. The Kier molecular flexibility index (Phi) is 20.6. The van der Waals surface area contributed by atoms with Crippen LogP contribution in [0, 0.1) is 17.8 Å². The molecule has 1 fully saturated rings. The Labute approximate surface area is 209 Å². The van der Waals surface area contributed by atoms with Crippen LogP contribution >= 0.6 is 0 Å². The van der Waals surface area contributed by atoms with Crippen LogP contribution in [0.15, 0.2) is 11.6 Å². The van der Waals surface area contributed by atoms with Crippen molar-refractivity contribution in [3.8, 4) is 0 Å². The van der Waals surface area contributed by atoms with Gasteiger partial charge in [-0.25, -0.2) is 4.79 Å². The van der Waals surface area contributed by atoms with E-state index >= 15 is 0 Å². The number of ether oxygens (including phenoxy) is 1. The summed E-state index contributed by atoms with van der Waals surface area (Å²) in [5.74, 6) is 1.20. The predicted octanol–water partition coefficient (Wildman–Crippen LogP) is 4.52. The van der Waals surface area contributed by atoms with Gasteiger partial charge in [-0.1, -0.05) is 61.0 Å². The second-order valence-electron chi connectivity index (χ2n) is 10.3. The fourth-order valence-corrected chi connectivity index (χ4v) is 3.40. The van der Waals surface area contributed by atoms with Crippen molar-refractivity contribution in [1.82, 2.24) is 15.1 Å². The largest absolute Gasteiger partial charge is 0.463 e. The molecule has 200 valence electrons. The third-order valence-electron chi connectivity index (χ3n) is 4.95. The standard InChI is InChI=1S/C14H24N2O4.C9H19N.C4H10/c1-6-20-14(19)11(4)7-12(10(2)3)16(5)13(18)8-15-9-17;1-9(2)8-10-6-4-3-5-7-10;1-4(2)3/h7,9-10,12H,6,8H2,1-5H3,(H,15,17);9H,3-8H2,1-2H3;4H,1-3H3/b11-7+;;/t12-;;/m1../s1. The second kappa shape index (κ2) is 20.5. The van der Waals surface area contributed by atoms with Gasteiger partial charge < -0.3 is 19.9 Å². The zero-order chi connectivity index (χ0) is 26.7. The lowest BCUT2D eigenvalue weighted by Gasteiger charge is -2.29. The quantitative estimate of drug-likeness (QED) is 0.281. The first kappa shape index (κ1) is 34.3. The van der Waals surface area contributed by atoms with Crippen LogP contribution < -0.4 is 5.32 Å². The molecular formula is C27H53N3O4. The Bertz CT molecular complexity index is 580. The van der Waals surface area contributed by atoms with Crippen molar-refractivity contribution in [2.24, 2.45) is 17.8 Å². The molecule has 1 rings (SSSR count). The molecule has 0 aromatic carbocycles. The van der Waals surface area contributed by atoms with Gasteiger partial charge in [0.2, 0.25) is 12.3 Å². The minimum atomic E-state index is -0.384. The molecule has 1 aliphatic rings. The number of carbonyl (C=O) groups is 3. The molecule has 0 bridgehead atoms. The van der Waals surface area contributed by atoms with E-state index in [1.807, 2.05) is 13.8 Å². The molecule has 1 saturated heterocycles. The minimum absolute atomic E-state index is 0.0600. The van der Waals surface area contributed by atoms with Gasteiger partial charge in [-0.2, -0.15) is 0 Å². The van der Waals surface area contributed by atoms with E-state index in [9.17, 15) is 14.4 Å². The number of hydrogen-bond acceptors (Lipinski definition) is 5. The minimum Gasteiger partial charge on any atom is -0.463 e. The van der Waals surface area contributed by atoms with Crippen LogP contribution in [0.1, 0.15) is 81.6 Å². The molecule has 0 aliphatic carbocycles. The highest BCUT2D eigenvalue weighted by atomic mass is 16.5. The van der Waals surface area contributed by atoms with E-state index in [1.165, 1.54) is 43.8 Å². The normalized spacial score (nSPS) is 15.0. The summed E-state index contributed by atoms with van der Waals surface area (Å²) in [6.45, 7) is 22.7. The summed E-state index contributed by atoms with van der Waals surface area (Å²) in [7, 11) is 1.65. The zero-order valence-electron chi connectivity index (χ0n) is 23.6. The maximum absolute atomic E-state index is 11.9. The van der Waals surface area contributed by atoms with E-state index in [0.717, 1.165) is 11.8 Å². The number of likely N-dealkylation sites (tertiary alicyclic amines) is 1. The third kappa shape index (κ3) is 18.5. The lowest BCUT2D eigenvalue weighted by atomic mass is 10.00. The van der Waals surface area contributed by atoms with Crippen molar-refractivity contribution in [2.45, 2.75) is 87.6 Å². The summed E-state index contributed by atoms with van der Waals surface area (Å²) in [6, 6.07) is -0.236. The first-order chi connectivity index (χ1) is 15.9. The molecule has 7 heteroatoms. The van der Waals surface area contributed by atoms with Crippen molar-refractivity contribution in [3.63, 3.8) is 0 Å². The van der Waals surface area contributed by atoms with Crippen molar-refractivity contribution < 1.29 is 19.1 Å². The monoisotopic (exact) mass is 483 g/mol. The van der Waals surface area contributed by atoms with E-state index in [4.69, 9.17) is 4.74 Å². The molecule has 34 heavy (non-hydrogen) atoms. The molecule has 0 radical (unpaired) electrons. The van der Waals surface area contributed by atoms with Crippen LogP contribution in [-0.2, 0) is 19.1 Å². The van der Waals surface area contributed by atoms with Crippen molar-refractivity contribution >= 4 is 18.3 Å². The van der Waals surface area contributed by atoms with Crippen LogP contribution in [0.5, 0.6) is 0 Å². The molecule has 0 aromatic rings. The fraction of sp³-hybridized carbons (Fsp3) is 0.815. The van der Waals surface area contributed by atoms with Crippen LogP contribution in [0.4, 0.5) is 0 Å². The number of rotatable bonds is 10. The number of amides is 2. The molecule has 0 spiro atoms. The molecule has 1 aliphatic heterocycles. The van der Waals surface area contributed by atoms with E-state index in [0.29, 0.717) is 18.6 Å². The van der Waals surface area contributed by atoms with Gasteiger partial charge >= 0.3 is 5.97 Å². The van der Waals surface area contributed by atoms with E-state index in [2.05, 4.69) is 44.8 Å². The molecule has 1 atom stereocenters. The first-order valence-electron chi connectivity index (χ1n) is 12.9. The molecule has 1 N–H and O–H groups in total. The molecule has 0 unspecified atom stereocenters. The average molecular weight is 484 g/mol. The van der Waals surface area contributed by atoms with Gasteiger partial charge in [0.05, 0.1) is 19.2 Å². The first-order valence-corrected chi connectivity index (χ1v) is 12.9. The third-order valence-corrected chi connectivity index (χ3v) is 4.95. The Hall–Kier alpha value is -1.89. The lowest BCUT2D eigenvalue weighted by molar-refractivity contribution is -0.138. The average Bonchev–Trinajstić information content (AvgIpc) is 2.75. The van der Waals surface area contributed by atoms with Gasteiger partial charge in [-0.15, -0.1) is 0 Å². The number of piperidine rings is 1. The number of hydrogen-bond donors (Lipinski definition) is 1. The maximum atomic E-state index is 11.9. The Morgan fingerprint density at radius 1 is 1.03 bits per heavy atom. The topological polar surface area (TPSA) is 79.0 Å². The van der Waals surface area contributed by atoms with Crippen LogP contribution in [-0.4, -0.2) is 74.0 Å². The van der Waals surface area contributed by atoms with E-state index < -0.39 is 0 Å². The molecule has 1 heterocycles. The van der Waals surface area contributed by atoms with Gasteiger partial charge in [-0.05, 0) is 57.5 Å². The Balaban J connectivity index is 0. The number of nitrogens with zero attached hydrogens (tertiary/aromatic N) is 2. The summed E-state index contributed by atoms with van der Waals surface area (Å²) < 4.78 is 4.92. The SMILES string of the molecule is CC(C)C.CC(C)CN1CCCCC1.CCOC(=O)/C(C)=C/[C@H](C(C)C)N(C)C(=O)CNC=O. The number of nitrogens with one attached hydrogen (secondary N) is 1. The molecular weight excluding hydrogens is 430 g/mol. The highest BCUT2D eigenvalue weighted by Crippen LogP contribution is 2.14. The lowest BCUT2D eigenvalue weighted by Crippen LogP contribution is -2.43. The van der Waals surface area contributed by atoms with Gasteiger partial charge in [0.15, 0.2) is 0 Å². The Morgan fingerprint density at radius 3 is 1.97 bits per heavy atom. The highest BCUT2D eigenvalue weighted by Gasteiger charge is 2.22. The van der Waals surface area contributed by atoms with Crippen LogP contribution in [0.25, 0.3) is 0 Å². The van der Waals surface area contributed by atoms with Crippen molar-refractivity contribution in [3.05, 3.63) is 11.6 Å². The number of esters is 1. The summed E-state index contributed by atoms with van der Waals surface area (Å²) in [6.07, 6.45) is 6.51. The number of carbonyl (C=O) groups excluding carboxylic acids is 3. The summed E-state index contributed by atoms with van der Waals surface area (Å²) in [4.78, 5) is 37.8. The smallest absolute Gasteiger partial charge is 0.333 e. The van der Waals surface area contributed by atoms with E-state index in [-0.39, 0.29) is 30.4 Å². The van der Waals surface area contributed by atoms with Gasteiger partial charge in [0.25, 0.3) is 0 Å². The molecule has 7 nitrogen and oxygen atoms in total.